The van der Waals surface area contributed by atoms with Gasteiger partial charge in [0.2, 0.25) is 0 Å². The lowest BCUT2D eigenvalue weighted by molar-refractivity contribution is 0.405. The van der Waals surface area contributed by atoms with Crippen LogP contribution in [0.25, 0.3) is 0 Å². The van der Waals surface area contributed by atoms with Crippen LogP contribution in [0, 0.1) is 5.92 Å². The summed E-state index contributed by atoms with van der Waals surface area (Å²) in [4.78, 5) is 4.44. The number of hydrogen-bond donors (Lipinski definition) is 2. The number of nitrogens with zero attached hydrogens (tertiary/aromatic N) is 1. The molecule has 0 radical (unpaired) electrons. The molecule has 0 aliphatic rings. The van der Waals surface area contributed by atoms with Crippen LogP contribution in [0.3, 0.4) is 0 Å². The Labute approximate surface area is 155 Å². The van der Waals surface area contributed by atoms with Gasteiger partial charge in [0.1, 0.15) is 17.2 Å². The van der Waals surface area contributed by atoms with Crippen molar-refractivity contribution in [1.29, 1.82) is 0 Å². The van der Waals surface area contributed by atoms with Gasteiger partial charge in [0.05, 0.1) is 27.0 Å². The molecule has 3 N–H and O–H groups in total. The second-order valence-electron chi connectivity index (χ2n) is 6.07. The van der Waals surface area contributed by atoms with Crippen molar-refractivity contribution in [3.05, 3.63) is 48.0 Å². The van der Waals surface area contributed by atoms with E-state index < -0.39 is 0 Å². The van der Waals surface area contributed by atoms with Crippen molar-refractivity contribution < 1.29 is 14.2 Å². The fourth-order valence-corrected chi connectivity index (χ4v) is 2.57. The van der Waals surface area contributed by atoms with Gasteiger partial charge in [-0.25, -0.2) is 0 Å². The number of guanidine groups is 1. The predicted octanol–water partition coefficient (Wildman–Crippen LogP) is 3.32. The summed E-state index contributed by atoms with van der Waals surface area (Å²) in [7, 11) is 4.89. The molecule has 0 saturated carbocycles. The SMILES string of the molecule is COc1ccc(CC(C)CN=C(N)Nc2cc(OC)ccc2OC)cc1. The van der Waals surface area contributed by atoms with E-state index in [1.807, 2.05) is 30.3 Å². The molecule has 0 fully saturated rings. The van der Waals surface area contributed by atoms with Crippen molar-refractivity contribution in [3.8, 4) is 17.2 Å². The van der Waals surface area contributed by atoms with Crippen LogP contribution in [0.1, 0.15) is 12.5 Å². The van der Waals surface area contributed by atoms with E-state index in [2.05, 4.69) is 29.4 Å². The highest BCUT2D eigenvalue weighted by atomic mass is 16.5. The van der Waals surface area contributed by atoms with Gasteiger partial charge >= 0.3 is 0 Å². The highest BCUT2D eigenvalue weighted by Gasteiger charge is 2.07. The molecule has 0 bridgehead atoms. The number of rotatable bonds is 8. The lowest BCUT2D eigenvalue weighted by Gasteiger charge is -2.13. The Morgan fingerprint density at radius 3 is 2.27 bits per heavy atom. The summed E-state index contributed by atoms with van der Waals surface area (Å²) >= 11 is 0. The average molecular weight is 357 g/mol. The number of ether oxygens (including phenoxy) is 3. The molecule has 6 nitrogen and oxygen atoms in total. The van der Waals surface area contributed by atoms with Crippen molar-refractivity contribution in [1.82, 2.24) is 0 Å². The molecule has 0 aliphatic heterocycles. The van der Waals surface area contributed by atoms with Crippen molar-refractivity contribution in [2.45, 2.75) is 13.3 Å². The first-order valence-electron chi connectivity index (χ1n) is 8.47. The first-order valence-corrected chi connectivity index (χ1v) is 8.47. The van der Waals surface area contributed by atoms with Crippen LogP contribution in [-0.2, 0) is 6.42 Å². The summed E-state index contributed by atoms with van der Waals surface area (Å²) in [6.07, 6.45) is 0.920. The van der Waals surface area contributed by atoms with Crippen LogP contribution in [0.2, 0.25) is 0 Å². The molecule has 26 heavy (non-hydrogen) atoms. The first-order chi connectivity index (χ1) is 12.5. The predicted molar refractivity (Wildman–Crippen MR) is 106 cm³/mol. The molecule has 1 atom stereocenters. The summed E-state index contributed by atoms with van der Waals surface area (Å²) in [5.41, 5.74) is 7.99. The number of nitrogens with two attached hydrogens (primary N) is 1. The number of methoxy groups -OCH3 is 3. The third-order valence-electron chi connectivity index (χ3n) is 3.99. The van der Waals surface area contributed by atoms with E-state index in [4.69, 9.17) is 19.9 Å². The van der Waals surface area contributed by atoms with Crippen LogP contribution in [-0.4, -0.2) is 33.8 Å². The fraction of sp³-hybridized carbons (Fsp3) is 0.350. The lowest BCUT2D eigenvalue weighted by atomic mass is 10.0. The zero-order chi connectivity index (χ0) is 18.9. The lowest BCUT2D eigenvalue weighted by Crippen LogP contribution is -2.24. The van der Waals surface area contributed by atoms with Gasteiger partial charge in [0.25, 0.3) is 0 Å². The maximum Gasteiger partial charge on any atom is 0.193 e. The van der Waals surface area contributed by atoms with Crippen molar-refractivity contribution >= 4 is 11.6 Å². The molecule has 0 saturated heterocycles. The minimum absolute atomic E-state index is 0.345. The quantitative estimate of drug-likeness (QED) is 0.560. The Kier molecular flexibility index (Phi) is 7.14. The van der Waals surface area contributed by atoms with E-state index in [1.165, 1.54) is 5.56 Å². The van der Waals surface area contributed by atoms with E-state index in [-0.39, 0.29) is 0 Å². The van der Waals surface area contributed by atoms with Crippen molar-refractivity contribution in [2.75, 3.05) is 33.2 Å². The van der Waals surface area contributed by atoms with Crippen LogP contribution >= 0.6 is 0 Å². The first kappa shape index (κ1) is 19.4. The molecule has 2 aromatic carbocycles. The van der Waals surface area contributed by atoms with E-state index in [1.54, 1.807) is 21.3 Å². The second kappa shape index (κ2) is 9.56. The van der Waals surface area contributed by atoms with Gasteiger partial charge in [-0.3, -0.25) is 4.99 Å². The number of anilines is 1. The van der Waals surface area contributed by atoms with Crippen LogP contribution in [0.4, 0.5) is 5.69 Å². The zero-order valence-electron chi connectivity index (χ0n) is 15.8. The molecular weight excluding hydrogens is 330 g/mol. The van der Waals surface area contributed by atoms with E-state index in [0.29, 0.717) is 29.9 Å². The Morgan fingerprint density at radius 1 is 1.00 bits per heavy atom. The minimum atomic E-state index is 0.345. The number of benzene rings is 2. The molecule has 140 valence electrons. The average Bonchev–Trinajstić information content (AvgIpc) is 2.67. The summed E-state index contributed by atoms with van der Waals surface area (Å²) in [5.74, 6) is 2.96. The van der Waals surface area contributed by atoms with Crippen molar-refractivity contribution in [2.24, 2.45) is 16.6 Å². The summed E-state index contributed by atoms with van der Waals surface area (Å²) in [6, 6.07) is 13.5. The Bertz CT molecular complexity index is 730. The van der Waals surface area contributed by atoms with Crippen LogP contribution in [0.15, 0.2) is 47.5 Å². The standard InChI is InChI=1S/C20H27N3O3/c1-14(11-15-5-7-16(24-2)8-6-15)13-22-20(21)23-18-12-17(25-3)9-10-19(18)26-4/h5-10,12,14H,11,13H2,1-4H3,(H3,21,22,23). The molecule has 0 heterocycles. The molecular formula is C20H27N3O3. The molecule has 6 heteroatoms. The maximum atomic E-state index is 6.03. The second-order valence-corrected chi connectivity index (χ2v) is 6.07. The molecule has 0 aromatic heterocycles. The van der Waals surface area contributed by atoms with Gasteiger partial charge in [-0.05, 0) is 42.2 Å². The van der Waals surface area contributed by atoms with E-state index in [0.717, 1.165) is 17.9 Å². The normalized spacial score (nSPS) is 12.4. The summed E-state index contributed by atoms with van der Waals surface area (Å²) < 4.78 is 15.7. The van der Waals surface area contributed by atoms with Crippen molar-refractivity contribution in [3.63, 3.8) is 0 Å². The van der Waals surface area contributed by atoms with Gasteiger partial charge in [0, 0.05) is 12.6 Å². The molecule has 0 aliphatic carbocycles. The maximum absolute atomic E-state index is 6.03. The summed E-state index contributed by atoms with van der Waals surface area (Å²) in [5, 5.41) is 3.08. The highest BCUT2D eigenvalue weighted by Crippen LogP contribution is 2.28. The Hall–Kier alpha value is -2.89. The molecule has 0 spiro atoms. The van der Waals surface area contributed by atoms with Gasteiger partial charge in [-0.1, -0.05) is 19.1 Å². The van der Waals surface area contributed by atoms with Crippen LogP contribution in [0.5, 0.6) is 17.2 Å². The Morgan fingerprint density at radius 2 is 1.65 bits per heavy atom. The topological polar surface area (TPSA) is 78.1 Å². The van der Waals surface area contributed by atoms with E-state index in [9.17, 15) is 0 Å². The highest BCUT2D eigenvalue weighted by molar-refractivity contribution is 5.94. The third kappa shape index (κ3) is 5.58. The van der Waals surface area contributed by atoms with Gasteiger partial charge in [-0.15, -0.1) is 0 Å². The van der Waals surface area contributed by atoms with Gasteiger partial charge in [-0.2, -0.15) is 0 Å². The molecule has 2 rings (SSSR count). The van der Waals surface area contributed by atoms with Gasteiger partial charge < -0.3 is 25.3 Å². The number of aliphatic imine (C=N–C) groups is 1. The number of hydrogen-bond acceptors (Lipinski definition) is 4. The zero-order valence-corrected chi connectivity index (χ0v) is 15.8. The largest absolute Gasteiger partial charge is 0.497 e. The molecule has 1 unspecified atom stereocenters. The number of nitrogens with one attached hydrogen (secondary N) is 1. The monoisotopic (exact) mass is 357 g/mol. The molecule has 0 amide bonds. The smallest absolute Gasteiger partial charge is 0.193 e. The fourth-order valence-electron chi connectivity index (χ4n) is 2.57. The summed E-state index contributed by atoms with van der Waals surface area (Å²) in [6.45, 7) is 2.77. The van der Waals surface area contributed by atoms with E-state index >= 15 is 0 Å². The van der Waals surface area contributed by atoms with Crippen LogP contribution < -0.4 is 25.3 Å². The minimum Gasteiger partial charge on any atom is -0.497 e. The Balaban J connectivity index is 1.94. The third-order valence-corrected chi connectivity index (χ3v) is 3.99. The van der Waals surface area contributed by atoms with Gasteiger partial charge in [0.15, 0.2) is 5.96 Å². The molecule has 2 aromatic rings.